The largest absolute Gasteiger partial charge is 0.451 e. The van der Waals surface area contributed by atoms with Crippen LogP contribution in [-0.2, 0) is 4.74 Å². The van der Waals surface area contributed by atoms with Gasteiger partial charge in [-0.25, -0.2) is 4.79 Å². The third-order valence-electron chi connectivity index (χ3n) is 4.72. The normalized spacial score (nSPS) is 11.3. The first-order valence-corrected chi connectivity index (χ1v) is 9.73. The van der Waals surface area contributed by atoms with E-state index in [0.29, 0.717) is 5.56 Å². The van der Waals surface area contributed by atoms with E-state index in [0.717, 1.165) is 5.56 Å². The molecule has 0 spiro atoms. The lowest BCUT2D eigenvalue weighted by Crippen LogP contribution is -2.25. The van der Waals surface area contributed by atoms with Crippen LogP contribution < -0.4 is 5.32 Å². The minimum absolute atomic E-state index is 0.0753. The molecule has 1 atom stereocenters. The first-order valence-electron chi connectivity index (χ1n) is 9.73. The number of nitro benzene ring substituents is 1. The van der Waals surface area contributed by atoms with E-state index >= 15 is 0 Å². The van der Waals surface area contributed by atoms with Crippen molar-refractivity contribution in [3.8, 4) is 0 Å². The Morgan fingerprint density at radius 2 is 1.50 bits per heavy atom. The van der Waals surface area contributed by atoms with Gasteiger partial charge < -0.3 is 10.1 Å². The third-order valence-corrected chi connectivity index (χ3v) is 4.72. The Morgan fingerprint density at radius 1 is 0.906 bits per heavy atom. The number of ether oxygens (including phenoxy) is 1. The first kappa shape index (κ1) is 22.4. The number of benzene rings is 3. The first-order chi connectivity index (χ1) is 15.3. The molecule has 162 valence electrons. The van der Waals surface area contributed by atoms with Crippen molar-refractivity contribution in [2.75, 3.05) is 5.32 Å². The molecule has 8 nitrogen and oxygen atoms in total. The molecule has 8 heteroatoms. The molecule has 0 radical (unpaired) electrons. The van der Waals surface area contributed by atoms with E-state index < -0.39 is 22.9 Å². The van der Waals surface area contributed by atoms with Crippen molar-refractivity contribution in [3.05, 3.63) is 105 Å². The molecule has 1 N–H and O–H groups in total. The fourth-order valence-corrected chi connectivity index (χ4v) is 2.93. The Balaban J connectivity index is 1.73. The molecule has 32 heavy (non-hydrogen) atoms. The van der Waals surface area contributed by atoms with Crippen LogP contribution in [0.1, 0.15) is 43.6 Å². The lowest BCUT2D eigenvalue weighted by Gasteiger charge is -2.15. The maximum absolute atomic E-state index is 12.7. The van der Waals surface area contributed by atoms with Crippen molar-refractivity contribution < 1.29 is 24.0 Å². The van der Waals surface area contributed by atoms with Crippen LogP contribution in [0.15, 0.2) is 72.8 Å². The Morgan fingerprint density at radius 3 is 2.12 bits per heavy atom. The van der Waals surface area contributed by atoms with Crippen LogP contribution in [0.5, 0.6) is 0 Å². The summed E-state index contributed by atoms with van der Waals surface area (Å²) in [6, 6.07) is 18.2. The number of ketones is 1. The number of hydrogen-bond acceptors (Lipinski definition) is 6. The molecule has 0 saturated carbocycles. The summed E-state index contributed by atoms with van der Waals surface area (Å²) >= 11 is 0. The number of Topliss-reactive ketones (excluding diaryl/α,β-unsaturated/α-hetero) is 1. The Labute approximate surface area is 184 Å². The molecule has 0 heterocycles. The van der Waals surface area contributed by atoms with E-state index in [9.17, 15) is 24.5 Å². The minimum atomic E-state index is -1.02. The van der Waals surface area contributed by atoms with Gasteiger partial charge in [0.1, 0.15) is 0 Å². The number of esters is 1. The average Bonchev–Trinajstić information content (AvgIpc) is 2.79. The van der Waals surface area contributed by atoms with Crippen molar-refractivity contribution in [1.29, 1.82) is 0 Å². The summed E-state index contributed by atoms with van der Waals surface area (Å²) in [6.45, 7) is 3.39. The van der Waals surface area contributed by atoms with Gasteiger partial charge in [-0.1, -0.05) is 42.0 Å². The van der Waals surface area contributed by atoms with Crippen LogP contribution >= 0.6 is 0 Å². The molecular weight excluding hydrogens is 412 g/mol. The van der Waals surface area contributed by atoms with Crippen molar-refractivity contribution in [3.63, 3.8) is 0 Å². The zero-order valence-corrected chi connectivity index (χ0v) is 17.4. The van der Waals surface area contributed by atoms with E-state index in [4.69, 9.17) is 4.74 Å². The summed E-state index contributed by atoms with van der Waals surface area (Å²) in [7, 11) is 0. The molecular formula is C24H20N2O6. The quantitative estimate of drug-likeness (QED) is 0.253. The summed E-state index contributed by atoms with van der Waals surface area (Å²) < 4.78 is 5.34. The van der Waals surface area contributed by atoms with Gasteiger partial charge >= 0.3 is 5.97 Å². The summed E-state index contributed by atoms with van der Waals surface area (Å²) in [5.41, 5.74) is 1.74. The Bertz CT molecular complexity index is 1170. The van der Waals surface area contributed by atoms with Gasteiger partial charge in [0.15, 0.2) is 6.10 Å². The van der Waals surface area contributed by atoms with Gasteiger partial charge in [-0.2, -0.15) is 0 Å². The summed E-state index contributed by atoms with van der Waals surface area (Å²) in [5.74, 6) is -1.66. The second kappa shape index (κ2) is 9.65. The van der Waals surface area contributed by atoms with Gasteiger partial charge in [0, 0.05) is 23.3 Å². The second-order valence-electron chi connectivity index (χ2n) is 7.08. The highest BCUT2D eigenvalue weighted by molar-refractivity contribution is 6.08. The van der Waals surface area contributed by atoms with Crippen LogP contribution in [-0.4, -0.2) is 28.7 Å². The standard InChI is InChI=1S/C24H20N2O6/c1-15-7-9-17(10-8-15)22(27)16(2)32-24(29)20-5-3-4-6-21(20)25-23(28)18-11-13-19(14-12-18)26(30)31/h3-14,16H,1-2H3,(H,25,28)/t16-/m0/s1. The van der Waals surface area contributed by atoms with Gasteiger partial charge in [0.2, 0.25) is 5.78 Å². The molecule has 0 aromatic heterocycles. The van der Waals surface area contributed by atoms with Crippen molar-refractivity contribution in [1.82, 2.24) is 0 Å². The number of amides is 1. The molecule has 0 unspecified atom stereocenters. The molecule has 3 aromatic carbocycles. The molecule has 0 aliphatic heterocycles. The number of anilines is 1. The highest BCUT2D eigenvalue weighted by atomic mass is 16.6. The molecule has 0 aliphatic rings. The predicted octanol–water partition coefficient (Wildman–Crippen LogP) is 4.58. The lowest BCUT2D eigenvalue weighted by molar-refractivity contribution is -0.384. The second-order valence-corrected chi connectivity index (χ2v) is 7.08. The molecule has 1 amide bonds. The molecule has 3 aromatic rings. The third kappa shape index (κ3) is 5.23. The number of carbonyl (C=O) groups is 3. The van der Waals surface area contributed by atoms with Gasteiger partial charge in [-0.05, 0) is 38.1 Å². The van der Waals surface area contributed by atoms with Crippen molar-refractivity contribution in [2.45, 2.75) is 20.0 Å². The van der Waals surface area contributed by atoms with Gasteiger partial charge in [-0.15, -0.1) is 0 Å². The van der Waals surface area contributed by atoms with E-state index in [-0.39, 0.29) is 28.3 Å². The van der Waals surface area contributed by atoms with Crippen LogP contribution in [0, 0.1) is 17.0 Å². The molecule has 0 saturated heterocycles. The van der Waals surface area contributed by atoms with Gasteiger partial charge in [-0.3, -0.25) is 19.7 Å². The van der Waals surface area contributed by atoms with Crippen LogP contribution in [0.4, 0.5) is 11.4 Å². The molecule has 0 bridgehead atoms. The average molecular weight is 432 g/mol. The maximum Gasteiger partial charge on any atom is 0.340 e. The van der Waals surface area contributed by atoms with E-state index in [1.807, 2.05) is 6.92 Å². The lowest BCUT2D eigenvalue weighted by atomic mass is 10.1. The van der Waals surface area contributed by atoms with Crippen LogP contribution in [0.2, 0.25) is 0 Å². The Kier molecular flexibility index (Phi) is 6.74. The number of nitrogens with one attached hydrogen (secondary N) is 1. The van der Waals surface area contributed by atoms with Crippen molar-refractivity contribution in [2.24, 2.45) is 0 Å². The molecule has 0 aliphatic carbocycles. The highest BCUT2D eigenvalue weighted by Crippen LogP contribution is 2.20. The van der Waals surface area contributed by atoms with Gasteiger partial charge in [0.05, 0.1) is 16.2 Å². The van der Waals surface area contributed by atoms with E-state index in [1.165, 1.54) is 43.3 Å². The fourth-order valence-electron chi connectivity index (χ4n) is 2.93. The number of hydrogen-bond donors (Lipinski definition) is 1. The number of non-ortho nitro benzene ring substituents is 1. The number of carbonyl (C=O) groups excluding carboxylic acids is 3. The highest BCUT2D eigenvalue weighted by Gasteiger charge is 2.22. The maximum atomic E-state index is 12.7. The monoisotopic (exact) mass is 432 g/mol. The topological polar surface area (TPSA) is 116 Å². The zero-order valence-electron chi connectivity index (χ0n) is 17.4. The van der Waals surface area contributed by atoms with Gasteiger partial charge in [0.25, 0.3) is 11.6 Å². The van der Waals surface area contributed by atoms with Crippen LogP contribution in [0.25, 0.3) is 0 Å². The zero-order chi connectivity index (χ0) is 23.3. The SMILES string of the molecule is Cc1ccc(C(=O)[C@H](C)OC(=O)c2ccccc2NC(=O)c2ccc([N+](=O)[O-])cc2)cc1. The van der Waals surface area contributed by atoms with E-state index in [2.05, 4.69) is 5.32 Å². The Hall–Kier alpha value is -4.33. The number of nitro groups is 1. The predicted molar refractivity (Wildman–Crippen MR) is 118 cm³/mol. The number of rotatable bonds is 7. The summed E-state index contributed by atoms with van der Waals surface area (Å²) in [5, 5.41) is 13.4. The minimum Gasteiger partial charge on any atom is -0.451 e. The summed E-state index contributed by atoms with van der Waals surface area (Å²) in [4.78, 5) is 48.0. The number of para-hydroxylation sites is 1. The number of aryl methyl sites for hydroxylation is 1. The molecule has 3 rings (SSSR count). The van der Waals surface area contributed by atoms with Crippen LogP contribution in [0.3, 0.4) is 0 Å². The van der Waals surface area contributed by atoms with E-state index in [1.54, 1.807) is 36.4 Å². The smallest absolute Gasteiger partial charge is 0.340 e. The van der Waals surface area contributed by atoms with Crippen molar-refractivity contribution >= 4 is 29.0 Å². The number of nitrogens with zero attached hydrogens (tertiary/aromatic N) is 1. The molecule has 0 fully saturated rings. The summed E-state index contributed by atoms with van der Waals surface area (Å²) in [6.07, 6.45) is -1.02. The fraction of sp³-hybridized carbons (Fsp3) is 0.125.